The number of rotatable bonds is 10. The summed E-state index contributed by atoms with van der Waals surface area (Å²) in [5, 5.41) is 32.3. The van der Waals surface area contributed by atoms with Crippen molar-refractivity contribution in [2.24, 2.45) is 17.8 Å². The molecule has 0 aromatic rings. The Balaban J connectivity index is 1.19. The maximum Gasteiger partial charge on any atom is 0.223 e. The van der Waals surface area contributed by atoms with E-state index in [1.54, 1.807) is 0 Å². The summed E-state index contributed by atoms with van der Waals surface area (Å²) in [7, 11) is 0. The average Bonchev–Trinajstić information content (AvgIpc) is 3.82. The number of carbonyl (C=O) groups is 1. The van der Waals surface area contributed by atoms with Crippen molar-refractivity contribution >= 4 is 5.91 Å². The van der Waals surface area contributed by atoms with E-state index in [1.807, 2.05) is 0 Å². The summed E-state index contributed by atoms with van der Waals surface area (Å²) in [5.74, 6) is 1.07. The average molecular weight is 527 g/mol. The van der Waals surface area contributed by atoms with Crippen molar-refractivity contribution in [1.29, 1.82) is 0 Å². The number of amides is 1. The van der Waals surface area contributed by atoms with Crippen LogP contribution in [-0.2, 0) is 4.79 Å². The van der Waals surface area contributed by atoms with Crippen LogP contribution < -0.4 is 31.9 Å². The van der Waals surface area contributed by atoms with E-state index in [9.17, 15) is 9.90 Å². The van der Waals surface area contributed by atoms with Crippen LogP contribution in [0.4, 0.5) is 0 Å². The predicted octanol–water partition coefficient (Wildman–Crippen LogP) is 2.35. The zero-order valence-corrected chi connectivity index (χ0v) is 23.2. The van der Waals surface area contributed by atoms with Crippen molar-refractivity contribution in [1.82, 2.24) is 31.9 Å². The molecule has 8 atom stereocenters. The number of nitrogens with one attached hydrogen (secondary N) is 6. The molecule has 2 aliphatic heterocycles. The SMILES string of the molecule is C=C1CC(NC(=O)C2CC2)CCCNC(C(C/C=C\C)C(=C)C2NC3CCC(NC(O)C4CC4)CC3N2)N1. The van der Waals surface area contributed by atoms with Crippen LogP contribution in [-0.4, -0.2) is 60.3 Å². The topological polar surface area (TPSA) is 109 Å². The van der Waals surface area contributed by atoms with Crippen LogP contribution in [0.25, 0.3) is 0 Å². The van der Waals surface area contributed by atoms with Crippen molar-refractivity contribution in [3.63, 3.8) is 0 Å². The van der Waals surface area contributed by atoms with Gasteiger partial charge < -0.3 is 15.7 Å². The highest BCUT2D eigenvalue weighted by molar-refractivity contribution is 5.81. The van der Waals surface area contributed by atoms with Gasteiger partial charge in [-0.05, 0) is 89.2 Å². The summed E-state index contributed by atoms with van der Waals surface area (Å²) in [5.41, 5.74) is 2.13. The first-order valence-corrected chi connectivity index (χ1v) is 15.2. The van der Waals surface area contributed by atoms with E-state index in [0.717, 1.165) is 88.4 Å². The number of allylic oxidation sites excluding steroid dienone is 2. The van der Waals surface area contributed by atoms with Gasteiger partial charge in [0.15, 0.2) is 0 Å². The van der Waals surface area contributed by atoms with Crippen molar-refractivity contribution < 1.29 is 9.90 Å². The lowest BCUT2D eigenvalue weighted by Gasteiger charge is -2.33. The lowest BCUT2D eigenvalue weighted by atomic mass is 9.87. The maximum atomic E-state index is 12.4. The molecule has 2 heterocycles. The molecule has 0 radical (unpaired) electrons. The summed E-state index contributed by atoms with van der Waals surface area (Å²) >= 11 is 0. The van der Waals surface area contributed by atoms with Crippen LogP contribution in [0.1, 0.15) is 77.6 Å². The highest BCUT2D eigenvalue weighted by Gasteiger charge is 2.42. The molecule has 3 aliphatic carbocycles. The highest BCUT2D eigenvalue weighted by atomic mass is 16.3. The number of aliphatic hydroxyl groups is 1. The van der Waals surface area contributed by atoms with Gasteiger partial charge in [-0.15, -0.1) is 0 Å². The molecule has 3 saturated carbocycles. The molecule has 8 unspecified atom stereocenters. The van der Waals surface area contributed by atoms with Crippen molar-refractivity contribution in [3.05, 3.63) is 36.6 Å². The van der Waals surface area contributed by atoms with Crippen LogP contribution in [0, 0.1) is 17.8 Å². The second kappa shape index (κ2) is 12.6. The molecular weight excluding hydrogens is 476 g/mol. The summed E-state index contributed by atoms with van der Waals surface area (Å²) in [6.45, 7) is 11.9. The van der Waals surface area contributed by atoms with Gasteiger partial charge in [-0.25, -0.2) is 0 Å². The summed E-state index contributed by atoms with van der Waals surface area (Å²) < 4.78 is 0. The van der Waals surface area contributed by atoms with Crippen LogP contribution in [0.5, 0.6) is 0 Å². The van der Waals surface area contributed by atoms with Crippen molar-refractivity contribution in [2.45, 2.75) is 120 Å². The highest BCUT2D eigenvalue weighted by Crippen LogP contribution is 2.34. The fourth-order valence-electron chi connectivity index (χ4n) is 6.55. The molecule has 2 saturated heterocycles. The Kier molecular flexibility index (Phi) is 9.26. The first-order chi connectivity index (χ1) is 18.4. The zero-order valence-electron chi connectivity index (χ0n) is 23.2. The molecule has 212 valence electrons. The Bertz CT molecular complexity index is 884. The van der Waals surface area contributed by atoms with E-state index in [-0.39, 0.29) is 42.3 Å². The Morgan fingerprint density at radius 3 is 2.63 bits per heavy atom. The quantitative estimate of drug-likeness (QED) is 0.173. The van der Waals surface area contributed by atoms with Crippen LogP contribution in [0.3, 0.4) is 0 Å². The summed E-state index contributed by atoms with van der Waals surface area (Å²) in [6.07, 6.45) is 15.3. The third kappa shape index (κ3) is 7.27. The van der Waals surface area contributed by atoms with Crippen LogP contribution >= 0.6 is 0 Å². The van der Waals surface area contributed by atoms with Gasteiger partial charge in [0.25, 0.3) is 0 Å². The monoisotopic (exact) mass is 526 g/mol. The van der Waals surface area contributed by atoms with Crippen LogP contribution in [0.2, 0.25) is 0 Å². The van der Waals surface area contributed by atoms with Gasteiger partial charge in [0.05, 0.1) is 12.3 Å². The first kappa shape index (κ1) is 27.8. The Morgan fingerprint density at radius 2 is 1.89 bits per heavy atom. The molecule has 8 nitrogen and oxygen atoms in total. The molecular formula is C30H50N6O2. The largest absolute Gasteiger partial charge is 0.378 e. The fourth-order valence-corrected chi connectivity index (χ4v) is 6.55. The van der Waals surface area contributed by atoms with Crippen molar-refractivity contribution in [3.8, 4) is 0 Å². The van der Waals surface area contributed by atoms with Gasteiger partial charge in [-0.1, -0.05) is 25.3 Å². The number of fused-ring (bicyclic) bond motifs is 1. The number of aliphatic hydroxyl groups excluding tert-OH is 1. The lowest BCUT2D eigenvalue weighted by Crippen LogP contribution is -2.51. The van der Waals surface area contributed by atoms with E-state index in [0.29, 0.717) is 24.0 Å². The van der Waals surface area contributed by atoms with E-state index in [4.69, 9.17) is 0 Å². The minimum Gasteiger partial charge on any atom is -0.378 e. The van der Waals surface area contributed by atoms with E-state index in [2.05, 4.69) is 64.1 Å². The number of hydrogen-bond acceptors (Lipinski definition) is 7. The lowest BCUT2D eigenvalue weighted by molar-refractivity contribution is -0.123. The second-order valence-corrected chi connectivity index (χ2v) is 12.4. The van der Waals surface area contributed by atoms with Gasteiger partial charge in [-0.3, -0.25) is 26.1 Å². The minimum absolute atomic E-state index is 0.0263. The molecule has 1 amide bonds. The Labute approximate surface area is 228 Å². The second-order valence-electron chi connectivity index (χ2n) is 12.4. The van der Waals surface area contributed by atoms with Crippen LogP contribution in [0.15, 0.2) is 36.6 Å². The maximum absolute atomic E-state index is 12.4. The molecule has 0 aromatic heterocycles. The number of carbonyl (C=O) groups excluding carboxylic acids is 1. The molecule has 5 rings (SSSR count). The summed E-state index contributed by atoms with van der Waals surface area (Å²) in [4.78, 5) is 12.4. The molecule has 8 heteroatoms. The van der Waals surface area contributed by atoms with Gasteiger partial charge >= 0.3 is 0 Å². The van der Waals surface area contributed by atoms with E-state index in [1.165, 1.54) is 0 Å². The van der Waals surface area contributed by atoms with E-state index < -0.39 is 0 Å². The molecule has 38 heavy (non-hydrogen) atoms. The third-order valence-corrected chi connectivity index (χ3v) is 9.20. The summed E-state index contributed by atoms with van der Waals surface area (Å²) in [6, 6.07) is 1.31. The zero-order chi connectivity index (χ0) is 26.6. The molecule has 0 spiro atoms. The Morgan fingerprint density at radius 1 is 1.11 bits per heavy atom. The van der Waals surface area contributed by atoms with E-state index >= 15 is 0 Å². The smallest absolute Gasteiger partial charge is 0.223 e. The molecule has 0 bridgehead atoms. The third-order valence-electron chi connectivity index (χ3n) is 9.20. The standard InChI is InChI=1S/C30H50N6O2/c1-4-5-8-24(28-31-15-6-7-22(16-18(2)32-28)33-29(37)20-9-10-20)19(3)27-35-25-14-13-23(17-26(25)36-27)34-30(38)21-11-12-21/h4-5,20-28,30-32,34-36,38H,2-3,6-17H2,1H3,(H,33,37)/b5-4-. The Hall–Kier alpha value is -1.71. The van der Waals surface area contributed by atoms with Gasteiger partial charge in [0, 0.05) is 48.1 Å². The molecule has 0 aromatic carbocycles. The molecule has 7 N–H and O–H groups in total. The van der Waals surface area contributed by atoms with Crippen molar-refractivity contribution in [2.75, 3.05) is 6.54 Å². The predicted molar refractivity (Wildman–Crippen MR) is 152 cm³/mol. The first-order valence-electron chi connectivity index (χ1n) is 15.2. The minimum atomic E-state index is -0.350. The molecule has 5 aliphatic rings. The normalized spacial score (nSPS) is 35.9. The fraction of sp³-hybridized carbons (Fsp3) is 0.767. The van der Waals surface area contributed by atoms with Gasteiger partial charge in [0.2, 0.25) is 5.91 Å². The number of hydrogen-bond donors (Lipinski definition) is 7. The van der Waals surface area contributed by atoms with Gasteiger partial charge in [-0.2, -0.15) is 0 Å². The molecule has 5 fully saturated rings. The van der Waals surface area contributed by atoms with Gasteiger partial charge in [0.1, 0.15) is 6.23 Å².